The molecular weight excluding hydrogens is 556 g/mol. The third-order valence-corrected chi connectivity index (χ3v) is 9.50. The van der Waals surface area contributed by atoms with E-state index in [2.05, 4.69) is 52.6 Å². The zero-order valence-electron chi connectivity index (χ0n) is 25.4. The molecule has 1 amide bonds. The van der Waals surface area contributed by atoms with Crippen LogP contribution >= 0.6 is 11.8 Å². The van der Waals surface area contributed by atoms with Gasteiger partial charge in [-0.15, -0.1) is 11.8 Å². The molecule has 43 heavy (non-hydrogen) atoms. The fourth-order valence-corrected chi connectivity index (χ4v) is 7.15. The average Bonchev–Trinajstić information content (AvgIpc) is 3.51. The number of fused-ring (bicyclic) bond motifs is 1. The highest BCUT2D eigenvalue weighted by Gasteiger charge is 2.28. The second kappa shape index (κ2) is 13.3. The number of carbonyl (C=O) groups is 1. The van der Waals surface area contributed by atoms with Crippen LogP contribution in [0.15, 0.2) is 65.7 Å². The molecule has 6 rings (SSSR count). The number of rotatable bonds is 9. The summed E-state index contributed by atoms with van der Waals surface area (Å²) in [5, 5.41) is 8.55. The molecule has 2 aromatic carbocycles. The van der Waals surface area contributed by atoms with Gasteiger partial charge in [-0.2, -0.15) is 0 Å². The number of methoxy groups -OCH3 is 1. The first-order valence-corrected chi connectivity index (χ1v) is 16.4. The van der Waals surface area contributed by atoms with Crippen LogP contribution in [0.1, 0.15) is 56.3 Å². The Labute approximate surface area is 258 Å². The van der Waals surface area contributed by atoms with Crippen molar-refractivity contribution < 1.29 is 9.53 Å². The summed E-state index contributed by atoms with van der Waals surface area (Å²) in [6.45, 7) is 8.42. The molecule has 8 nitrogen and oxygen atoms in total. The van der Waals surface area contributed by atoms with Crippen molar-refractivity contribution in [3.05, 3.63) is 66.4 Å². The van der Waals surface area contributed by atoms with E-state index < -0.39 is 0 Å². The number of hydrogen-bond acceptors (Lipinski definition) is 7. The average molecular weight is 599 g/mol. The summed E-state index contributed by atoms with van der Waals surface area (Å²) in [5.74, 6) is 1.34. The second-order valence-electron chi connectivity index (χ2n) is 11.7. The Kier molecular flexibility index (Phi) is 9.09. The van der Waals surface area contributed by atoms with E-state index in [-0.39, 0.29) is 5.91 Å². The summed E-state index contributed by atoms with van der Waals surface area (Å²) >= 11 is 1.83. The van der Waals surface area contributed by atoms with Gasteiger partial charge >= 0.3 is 0 Å². The van der Waals surface area contributed by atoms with Crippen molar-refractivity contribution in [2.75, 3.05) is 43.9 Å². The molecule has 4 aromatic rings. The van der Waals surface area contributed by atoms with Crippen molar-refractivity contribution in [3.63, 3.8) is 0 Å². The maximum atomic E-state index is 13.5. The summed E-state index contributed by atoms with van der Waals surface area (Å²) in [6, 6.07) is 18.7. The fraction of sp³-hybridized carbons (Fsp3) is 0.412. The molecule has 9 heteroatoms. The number of para-hydroxylation sites is 1. The molecule has 0 unspecified atom stereocenters. The molecule has 4 heterocycles. The van der Waals surface area contributed by atoms with Crippen LogP contribution in [0.3, 0.4) is 0 Å². The van der Waals surface area contributed by atoms with Crippen LogP contribution in [0.2, 0.25) is 0 Å². The van der Waals surface area contributed by atoms with Gasteiger partial charge in [0.1, 0.15) is 17.2 Å². The van der Waals surface area contributed by atoms with E-state index in [1.165, 1.54) is 37.2 Å². The van der Waals surface area contributed by atoms with Crippen LogP contribution in [0.4, 0.5) is 22.9 Å². The molecule has 2 aromatic heterocycles. The lowest BCUT2D eigenvalue weighted by Gasteiger charge is -2.40. The number of hydrogen-bond donors (Lipinski definition) is 3. The maximum absolute atomic E-state index is 13.5. The van der Waals surface area contributed by atoms with E-state index in [1.54, 1.807) is 7.11 Å². The van der Waals surface area contributed by atoms with Gasteiger partial charge < -0.3 is 30.2 Å². The predicted octanol–water partition coefficient (Wildman–Crippen LogP) is 7.65. The van der Waals surface area contributed by atoms with Gasteiger partial charge in [-0.05, 0) is 75.2 Å². The number of nitrogens with zero attached hydrogens (tertiary/aromatic N) is 3. The van der Waals surface area contributed by atoms with Crippen molar-refractivity contribution in [2.24, 2.45) is 0 Å². The number of likely N-dealkylation sites (tertiary alicyclic amines) is 2. The first-order valence-electron chi connectivity index (χ1n) is 15.5. The third-order valence-electron chi connectivity index (χ3n) is 8.42. The highest BCUT2D eigenvalue weighted by molar-refractivity contribution is 8.00. The van der Waals surface area contributed by atoms with Crippen molar-refractivity contribution in [2.45, 2.75) is 62.1 Å². The summed E-state index contributed by atoms with van der Waals surface area (Å²) in [5.41, 5.74) is 4.18. The van der Waals surface area contributed by atoms with Crippen molar-refractivity contribution in [1.29, 1.82) is 0 Å². The summed E-state index contributed by atoms with van der Waals surface area (Å²) < 4.78 is 5.75. The Morgan fingerprint density at radius 1 is 0.953 bits per heavy atom. The highest BCUT2D eigenvalue weighted by Crippen LogP contribution is 2.36. The number of thioether (sulfide) groups is 1. The van der Waals surface area contributed by atoms with E-state index in [4.69, 9.17) is 9.72 Å². The lowest BCUT2D eigenvalue weighted by molar-refractivity contribution is 0.0589. The van der Waals surface area contributed by atoms with Crippen LogP contribution in [-0.4, -0.2) is 70.3 Å². The number of piperidine rings is 2. The number of carbonyl (C=O) groups excluding carboxylic acids is 1. The Hall–Kier alpha value is -3.69. The normalized spacial score (nSPS) is 16.5. The van der Waals surface area contributed by atoms with Gasteiger partial charge in [0.2, 0.25) is 0 Å². The third kappa shape index (κ3) is 6.78. The Morgan fingerprint density at radius 3 is 2.51 bits per heavy atom. The van der Waals surface area contributed by atoms with Crippen LogP contribution in [-0.2, 0) is 0 Å². The lowest BCUT2D eigenvalue weighted by Crippen LogP contribution is -2.48. The molecule has 2 aliphatic heterocycles. The van der Waals surface area contributed by atoms with E-state index in [9.17, 15) is 4.79 Å². The van der Waals surface area contributed by atoms with E-state index >= 15 is 0 Å². The number of aromatic nitrogens is 2. The maximum Gasteiger partial charge on any atom is 0.253 e. The topological polar surface area (TPSA) is 85.5 Å². The summed E-state index contributed by atoms with van der Waals surface area (Å²) in [4.78, 5) is 27.4. The van der Waals surface area contributed by atoms with Crippen molar-refractivity contribution in [3.8, 4) is 5.75 Å². The molecule has 0 atom stereocenters. The van der Waals surface area contributed by atoms with E-state index in [1.807, 2.05) is 59.3 Å². The molecule has 226 valence electrons. The molecule has 0 spiro atoms. The van der Waals surface area contributed by atoms with Crippen LogP contribution in [0.25, 0.3) is 11.0 Å². The number of aromatic amines is 1. The number of ether oxygens (including phenoxy) is 1. The van der Waals surface area contributed by atoms with Gasteiger partial charge in [-0.3, -0.25) is 4.79 Å². The number of anilines is 4. The number of pyridine rings is 1. The second-order valence-corrected chi connectivity index (χ2v) is 13.4. The molecule has 0 radical (unpaired) electrons. The zero-order chi connectivity index (χ0) is 29.8. The van der Waals surface area contributed by atoms with Gasteiger partial charge in [0, 0.05) is 52.5 Å². The zero-order valence-corrected chi connectivity index (χ0v) is 26.2. The van der Waals surface area contributed by atoms with E-state index in [0.717, 1.165) is 54.0 Å². The van der Waals surface area contributed by atoms with Crippen LogP contribution in [0, 0.1) is 0 Å². The van der Waals surface area contributed by atoms with Crippen molar-refractivity contribution in [1.82, 2.24) is 19.8 Å². The van der Waals surface area contributed by atoms with E-state index in [0.29, 0.717) is 28.4 Å². The number of amides is 1. The molecule has 3 N–H and O–H groups in total. The van der Waals surface area contributed by atoms with Crippen LogP contribution in [0.5, 0.6) is 5.75 Å². The number of H-pyrrole nitrogens is 1. The quantitative estimate of drug-likeness (QED) is 0.171. The molecule has 0 aliphatic carbocycles. The predicted molar refractivity (Wildman–Crippen MR) is 177 cm³/mol. The summed E-state index contributed by atoms with van der Waals surface area (Å²) in [7, 11) is 1.64. The SMILES string of the molecule is COc1cc(C(=O)N2CCC(N3CCCCC3)CC2)ccc1Nc1cc(Nc2ccccc2SC(C)C)c2cc[nH]c2n1. The molecule has 0 bridgehead atoms. The molecule has 2 fully saturated rings. The smallest absolute Gasteiger partial charge is 0.253 e. The number of benzene rings is 2. The lowest BCUT2D eigenvalue weighted by atomic mass is 9.99. The minimum absolute atomic E-state index is 0.0669. The van der Waals surface area contributed by atoms with Gasteiger partial charge in [-0.25, -0.2) is 4.98 Å². The first kappa shape index (κ1) is 29.4. The first-order chi connectivity index (χ1) is 21.0. The standard InChI is InChI=1S/C34H42N6O2S/c1-23(2)43-31-10-6-5-9-28(31)36-29-22-32(38-33-26(29)13-16-35-33)37-27-12-11-24(21-30(27)42-3)34(41)40-19-14-25(15-20-40)39-17-7-4-8-18-39/h5-6,9-13,16,21-23,25H,4,7-8,14-15,17-20H2,1-3H3,(H3,35,36,37,38). The summed E-state index contributed by atoms with van der Waals surface area (Å²) in [6.07, 6.45) is 7.95. The van der Waals surface area contributed by atoms with Crippen LogP contribution < -0.4 is 15.4 Å². The minimum Gasteiger partial charge on any atom is -0.495 e. The largest absolute Gasteiger partial charge is 0.495 e. The molecule has 2 saturated heterocycles. The molecular formula is C34H42N6O2S. The monoisotopic (exact) mass is 598 g/mol. The highest BCUT2D eigenvalue weighted by atomic mass is 32.2. The van der Waals surface area contributed by atoms with Gasteiger partial charge in [0.15, 0.2) is 0 Å². The van der Waals surface area contributed by atoms with Gasteiger partial charge in [0.05, 0.1) is 24.2 Å². The van der Waals surface area contributed by atoms with Gasteiger partial charge in [-0.1, -0.05) is 32.4 Å². The fourth-order valence-electron chi connectivity index (χ4n) is 6.24. The minimum atomic E-state index is 0.0669. The molecule has 0 saturated carbocycles. The van der Waals surface area contributed by atoms with Crippen molar-refractivity contribution >= 4 is 51.6 Å². The number of nitrogens with one attached hydrogen (secondary N) is 3. The molecule has 2 aliphatic rings. The van der Waals surface area contributed by atoms with Gasteiger partial charge in [0.25, 0.3) is 5.91 Å². The Balaban J connectivity index is 1.18. The Morgan fingerprint density at radius 2 is 1.74 bits per heavy atom. The Bertz CT molecular complexity index is 1560.